The molecule has 0 spiro atoms. The Kier molecular flexibility index (Phi) is 8.97. The molecule has 0 aromatic heterocycles. The Bertz CT molecular complexity index is 659. The molecule has 1 fully saturated rings. The number of hydrogen-bond acceptors (Lipinski definition) is 6. The van der Waals surface area contributed by atoms with Gasteiger partial charge in [-0.1, -0.05) is 30.3 Å². The summed E-state index contributed by atoms with van der Waals surface area (Å²) in [6.07, 6.45) is 2.95. The Morgan fingerprint density at radius 1 is 1.36 bits per heavy atom. The molecule has 1 saturated heterocycles. The summed E-state index contributed by atoms with van der Waals surface area (Å²) >= 11 is 12.1. The molecule has 10 heteroatoms. The summed E-state index contributed by atoms with van der Waals surface area (Å²) < 4.78 is 9.78. The van der Waals surface area contributed by atoms with E-state index >= 15 is 0 Å². The fourth-order valence-corrected chi connectivity index (χ4v) is 2.90. The van der Waals surface area contributed by atoms with Gasteiger partial charge in [-0.15, -0.1) is 11.6 Å². The average Bonchev–Trinajstić information content (AvgIpc) is 2.61. The lowest BCUT2D eigenvalue weighted by atomic mass is 9.99. The molecule has 0 aliphatic carbocycles. The first-order valence-electron chi connectivity index (χ1n) is 8.45. The van der Waals surface area contributed by atoms with Gasteiger partial charge in [-0.2, -0.15) is 0 Å². The van der Waals surface area contributed by atoms with Gasteiger partial charge < -0.3 is 19.7 Å². The van der Waals surface area contributed by atoms with Crippen molar-refractivity contribution in [2.24, 2.45) is 0 Å². The number of likely N-dealkylation sites (tertiary alicyclic amines) is 1. The first-order chi connectivity index (χ1) is 13.0. The van der Waals surface area contributed by atoms with Crippen LogP contribution < -0.4 is 5.32 Å². The van der Waals surface area contributed by atoms with Gasteiger partial charge in [0.1, 0.15) is 23.8 Å². The highest BCUT2D eigenvalue weighted by molar-refractivity contribution is 6.27. The number of carbonyl (C=O) groups is 4. The van der Waals surface area contributed by atoms with E-state index in [1.165, 1.54) is 12.2 Å². The van der Waals surface area contributed by atoms with Crippen molar-refractivity contribution in [2.75, 3.05) is 12.5 Å². The quantitative estimate of drug-likeness (QED) is 0.106. The summed E-state index contributed by atoms with van der Waals surface area (Å²) in [5.41, 5.74) is -1.47. The number of esters is 1. The van der Waals surface area contributed by atoms with Crippen molar-refractivity contribution in [3.63, 3.8) is 0 Å². The molecule has 0 bridgehead atoms. The Labute approximate surface area is 173 Å². The van der Waals surface area contributed by atoms with Gasteiger partial charge in [-0.3, -0.25) is 14.4 Å². The minimum absolute atomic E-state index is 0.0283. The van der Waals surface area contributed by atoms with E-state index in [0.29, 0.717) is 6.47 Å². The van der Waals surface area contributed by atoms with Crippen molar-refractivity contribution in [1.29, 1.82) is 0 Å². The predicted molar refractivity (Wildman–Crippen MR) is 104 cm³/mol. The summed E-state index contributed by atoms with van der Waals surface area (Å²) in [6.45, 7) is 9.14. The first-order valence-corrected chi connectivity index (χ1v) is 9.43. The molecular formula is C18H24Cl2N2O6. The van der Waals surface area contributed by atoms with E-state index in [9.17, 15) is 19.2 Å². The van der Waals surface area contributed by atoms with Gasteiger partial charge in [0, 0.05) is 12.3 Å². The van der Waals surface area contributed by atoms with Gasteiger partial charge in [-0.25, -0.2) is 4.79 Å². The Balaban J connectivity index is 2.75. The minimum Gasteiger partial charge on any atom is -0.464 e. The third-order valence-corrected chi connectivity index (χ3v) is 4.38. The zero-order chi connectivity index (χ0) is 21.5. The molecule has 1 rings (SSSR count). The number of ether oxygens (including phenoxy) is 2. The van der Waals surface area contributed by atoms with Crippen molar-refractivity contribution in [1.82, 2.24) is 10.2 Å². The fourth-order valence-electron chi connectivity index (χ4n) is 2.37. The van der Waals surface area contributed by atoms with E-state index in [-0.39, 0.29) is 24.5 Å². The first kappa shape index (κ1) is 24.0. The third-order valence-electron chi connectivity index (χ3n) is 3.57. The second-order valence-electron chi connectivity index (χ2n) is 7.00. The number of nitrogens with zero attached hydrogens (tertiary/aromatic N) is 1. The van der Waals surface area contributed by atoms with E-state index in [0.717, 1.165) is 4.90 Å². The summed E-state index contributed by atoms with van der Waals surface area (Å²) in [5.74, 6) is -1.75. The summed E-state index contributed by atoms with van der Waals surface area (Å²) in [6, 6.07) is -2.12. The largest absolute Gasteiger partial charge is 0.464 e. The standard InChI is InChI=1S/C18H24Cl2N2O6/c1-11(9-19)14(17(26)28-18(2,3)4)22-15(20)13(16(22)25)21-12(24)7-5-6-8-27-10-23/h5-6,10,13-15H,1,7-9H2,2-4H3,(H,21,24). The van der Waals surface area contributed by atoms with Crippen LogP contribution in [0.2, 0.25) is 0 Å². The van der Waals surface area contributed by atoms with Crippen LogP contribution in [0.15, 0.2) is 24.3 Å². The number of amides is 2. The topological polar surface area (TPSA) is 102 Å². The molecule has 1 aliphatic heterocycles. The highest BCUT2D eigenvalue weighted by atomic mass is 35.5. The SMILES string of the molecule is C=C(CCl)C(C(=O)OC(C)(C)C)N1C(=O)C(NC(=O)CC=CCOC=O)C1Cl. The maximum Gasteiger partial charge on any atom is 0.333 e. The molecule has 28 heavy (non-hydrogen) atoms. The van der Waals surface area contributed by atoms with Crippen LogP contribution in [-0.4, -0.2) is 64.8 Å². The highest BCUT2D eigenvalue weighted by Gasteiger charge is 2.53. The van der Waals surface area contributed by atoms with Crippen LogP contribution in [0.1, 0.15) is 27.2 Å². The van der Waals surface area contributed by atoms with Crippen molar-refractivity contribution >= 4 is 47.5 Å². The number of halogens is 2. The Morgan fingerprint density at radius 2 is 2.00 bits per heavy atom. The molecule has 3 atom stereocenters. The molecule has 2 amide bonds. The molecule has 0 saturated carbocycles. The van der Waals surface area contributed by atoms with Crippen LogP contribution >= 0.6 is 23.2 Å². The lowest BCUT2D eigenvalue weighted by Crippen LogP contribution is -2.72. The number of hydrogen-bond donors (Lipinski definition) is 1. The number of carbonyl (C=O) groups excluding carboxylic acids is 4. The summed E-state index contributed by atoms with van der Waals surface area (Å²) in [4.78, 5) is 48.1. The van der Waals surface area contributed by atoms with Crippen LogP contribution in [0.5, 0.6) is 0 Å². The summed E-state index contributed by atoms with van der Waals surface area (Å²) in [5, 5.41) is 2.50. The zero-order valence-corrected chi connectivity index (χ0v) is 17.5. The van der Waals surface area contributed by atoms with Crippen molar-refractivity contribution in [3.05, 3.63) is 24.3 Å². The Morgan fingerprint density at radius 3 is 2.50 bits per heavy atom. The van der Waals surface area contributed by atoms with Crippen LogP contribution in [-0.2, 0) is 28.7 Å². The Hall–Kier alpha value is -2.06. The van der Waals surface area contributed by atoms with E-state index in [2.05, 4.69) is 16.6 Å². The van der Waals surface area contributed by atoms with Crippen molar-refractivity contribution in [2.45, 2.75) is 50.4 Å². The highest BCUT2D eigenvalue weighted by Crippen LogP contribution is 2.31. The molecule has 1 heterocycles. The number of rotatable bonds is 10. The van der Waals surface area contributed by atoms with Crippen LogP contribution in [0.25, 0.3) is 0 Å². The maximum atomic E-state index is 12.5. The number of nitrogens with one attached hydrogen (secondary N) is 1. The number of alkyl halides is 2. The molecule has 0 aromatic rings. The van der Waals surface area contributed by atoms with Crippen molar-refractivity contribution < 1.29 is 28.7 Å². The molecule has 0 aromatic carbocycles. The van der Waals surface area contributed by atoms with Gasteiger partial charge >= 0.3 is 5.97 Å². The average molecular weight is 435 g/mol. The summed E-state index contributed by atoms with van der Waals surface area (Å²) in [7, 11) is 0. The number of β-lactam (4-membered cyclic amide) rings is 1. The zero-order valence-electron chi connectivity index (χ0n) is 15.9. The molecule has 156 valence electrons. The second-order valence-corrected chi connectivity index (χ2v) is 7.71. The van der Waals surface area contributed by atoms with Gasteiger partial charge in [0.2, 0.25) is 5.91 Å². The van der Waals surface area contributed by atoms with Crippen LogP contribution in [0.4, 0.5) is 0 Å². The molecule has 1 aliphatic rings. The minimum atomic E-state index is -1.14. The van der Waals surface area contributed by atoms with E-state index in [1.54, 1.807) is 20.8 Å². The molecular weight excluding hydrogens is 411 g/mol. The third kappa shape index (κ3) is 6.53. The van der Waals surface area contributed by atoms with E-state index < -0.39 is 41.0 Å². The van der Waals surface area contributed by atoms with Gasteiger partial charge in [0.15, 0.2) is 6.04 Å². The van der Waals surface area contributed by atoms with Crippen LogP contribution in [0, 0.1) is 0 Å². The maximum absolute atomic E-state index is 12.5. The van der Waals surface area contributed by atoms with Gasteiger partial charge in [0.25, 0.3) is 12.4 Å². The van der Waals surface area contributed by atoms with Crippen LogP contribution in [0.3, 0.4) is 0 Å². The monoisotopic (exact) mass is 434 g/mol. The smallest absolute Gasteiger partial charge is 0.333 e. The predicted octanol–water partition coefficient (Wildman–Crippen LogP) is 1.50. The lowest BCUT2D eigenvalue weighted by molar-refractivity contribution is -0.170. The van der Waals surface area contributed by atoms with Gasteiger partial charge in [0.05, 0.1) is 0 Å². The molecule has 1 N–H and O–H groups in total. The normalized spacial score (nSPS) is 20.3. The second kappa shape index (κ2) is 10.5. The van der Waals surface area contributed by atoms with Crippen molar-refractivity contribution in [3.8, 4) is 0 Å². The molecule has 0 radical (unpaired) electrons. The fraction of sp³-hybridized carbons (Fsp3) is 0.556. The van der Waals surface area contributed by atoms with E-state index in [4.69, 9.17) is 27.9 Å². The molecule has 8 nitrogen and oxygen atoms in total. The molecule has 3 unspecified atom stereocenters. The van der Waals surface area contributed by atoms with E-state index in [1.807, 2.05) is 0 Å². The lowest BCUT2D eigenvalue weighted by Gasteiger charge is -2.47. The van der Waals surface area contributed by atoms with Gasteiger partial charge in [-0.05, 0) is 26.3 Å².